The second kappa shape index (κ2) is 38.6. The van der Waals surface area contributed by atoms with Gasteiger partial charge in [0.05, 0.1) is 6.42 Å². The van der Waals surface area contributed by atoms with E-state index in [2.05, 4.69) is 74.7 Å². The molecule has 3 nitrogen and oxygen atoms in total. The molecule has 0 aliphatic rings. The van der Waals surface area contributed by atoms with Gasteiger partial charge in [0.2, 0.25) is 0 Å². The summed E-state index contributed by atoms with van der Waals surface area (Å²) < 4.78 is 5.94. The van der Waals surface area contributed by atoms with Crippen LogP contribution in [0.5, 0.6) is 0 Å². The Labute approximate surface area is 282 Å². The molecule has 0 aliphatic carbocycles. The lowest BCUT2D eigenvalue weighted by Gasteiger charge is -2.18. The third-order valence-electron chi connectivity index (χ3n) is 8.51. The molecule has 0 amide bonds. The number of hydrogen-bond donors (Lipinski definition) is 1. The highest BCUT2D eigenvalue weighted by atomic mass is 16.5. The Morgan fingerprint density at radius 2 is 0.889 bits per heavy atom. The van der Waals surface area contributed by atoms with Crippen LogP contribution in [0.15, 0.2) is 48.6 Å². The molecule has 0 aromatic heterocycles. The summed E-state index contributed by atoms with van der Waals surface area (Å²) >= 11 is 0. The van der Waals surface area contributed by atoms with Crippen LogP contribution in [0.2, 0.25) is 0 Å². The van der Waals surface area contributed by atoms with Gasteiger partial charge in [0, 0.05) is 6.54 Å². The van der Waals surface area contributed by atoms with Gasteiger partial charge in [0.15, 0.2) is 0 Å². The van der Waals surface area contributed by atoms with Crippen molar-refractivity contribution in [1.82, 2.24) is 5.32 Å². The van der Waals surface area contributed by atoms with E-state index in [0.29, 0.717) is 6.42 Å². The molecule has 3 heteroatoms. The van der Waals surface area contributed by atoms with Crippen LogP contribution in [0.4, 0.5) is 0 Å². The first kappa shape index (κ1) is 43.4. The summed E-state index contributed by atoms with van der Waals surface area (Å²) in [6.45, 7) is 8.21. The number of carbonyl (C=O) groups excluding carboxylic acids is 1. The molecule has 0 aliphatic heterocycles. The van der Waals surface area contributed by atoms with Crippen molar-refractivity contribution < 1.29 is 9.53 Å². The summed E-state index contributed by atoms with van der Waals surface area (Å²) in [5, 5.41) is 3.24. The Morgan fingerprint density at radius 1 is 0.511 bits per heavy atom. The number of carbonyl (C=O) groups is 1. The molecule has 0 radical (unpaired) electrons. The Bertz CT molecular complexity index is 659. The normalized spacial score (nSPS) is 12.3. The maximum absolute atomic E-state index is 12.4. The van der Waals surface area contributed by atoms with Gasteiger partial charge in [-0.15, -0.1) is 0 Å². The molecule has 1 N–H and O–H groups in total. The molecular formula is C42H77NO2. The van der Waals surface area contributed by atoms with Gasteiger partial charge < -0.3 is 10.1 Å². The van der Waals surface area contributed by atoms with Crippen molar-refractivity contribution in [3.63, 3.8) is 0 Å². The first-order valence-electron chi connectivity index (χ1n) is 19.7. The summed E-state index contributed by atoms with van der Waals surface area (Å²) in [4.78, 5) is 12.4. The maximum atomic E-state index is 12.4. The first-order valence-corrected chi connectivity index (χ1v) is 19.7. The fourth-order valence-electron chi connectivity index (χ4n) is 5.59. The highest BCUT2D eigenvalue weighted by Crippen LogP contribution is 2.18. The van der Waals surface area contributed by atoms with Crippen LogP contribution >= 0.6 is 0 Å². The molecule has 0 rings (SSSR count). The molecule has 0 spiro atoms. The summed E-state index contributed by atoms with van der Waals surface area (Å²) in [5.74, 6) is -0.0268. The van der Waals surface area contributed by atoms with Crippen LogP contribution in [0.1, 0.15) is 194 Å². The van der Waals surface area contributed by atoms with Gasteiger partial charge in [-0.25, -0.2) is 0 Å². The molecule has 0 atom stereocenters. The minimum absolute atomic E-state index is 0.0268. The van der Waals surface area contributed by atoms with Crippen molar-refractivity contribution in [2.75, 3.05) is 13.1 Å². The smallest absolute Gasteiger partial charge is 0.307 e. The molecule has 0 aromatic carbocycles. The number of rotatable bonds is 35. The van der Waals surface area contributed by atoms with Crippen LogP contribution in [0.3, 0.4) is 0 Å². The molecule has 0 saturated carbocycles. The largest absolute Gasteiger partial charge is 0.462 e. The highest BCUT2D eigenvalue weighted by Gasteiger charge is 2.14. The fourth-order valence-corrected chi connectivity index (χ4v) is 5.59. The Morgan fingerprint density at radius 3 is 1.29 bits per heavy atom. The fraction of sp³-hybridized carbons (Fsp3) is 0.786. The van der Waals surface area contributed by atoms with Gasteiger partial charge in [0.25, 0.3) is 0 Å². The third-order valence-corrected chi connectivity index (χ3v) is 8.51. The summed E-state index contributed by atoms with van der Waals surface area (Å²) in [7, 11) is 0. The van der Waals surface area contributed by atoms with E-state index in [1.165, 1.54) is 141 Å². The number of esters is 1. The van der Waals surface area contributed by atoms with Gasteiger partial charge in [-0.05, 0) is 96.4 Å². The predicted molar refractivity (Wildman–Crippen MR) is 201 cm³/mol. The zero-order chi connectivity index (χ0) is 32.7. The summed E-state index contributed by atoms with van der Waals surface area (Å²) in [6.07, 6.45) is 51.7. The van der Waals surface area contributed by atoms with Crippen molar-refractivity contribution in [2.24, 2.45) is 0 Å². The molecule has 0 saturated heterocycles. The third kappa shape index (κ3) is 36.7. The van der Waals surface area contributed by atoms with E-state index < -0.39 is 0 Å². The van der Waals surface area contributed by atoms with Gasteiger partial charge in [-0.2, -0.15) is 0 Å². The lowest BCUT2D eigenvalue weighted by Crippen LogP contribution is -2.23. The van der Waals surface area contributed by atoms with Crippen LogP contribution in [0.25, 0.3) is 0 Å². The van der Waals surface area contributed by atoms with E-state index in [4.69, 9.17) is 4.74 Å². The number of nitrogens with one attached hydrogen (secondary N) is 1. The number of allylic oxidation sites excluding steroid dienone is 8. The number of ether oxygens (including phenoxy) is 1. The second-order valence-electron chi connectivity index (χ2n) is 13.0. The van der Waals surface area contributed by atoms with Crippen molar-refractivity contribution in [3.05, 3.63) is 48.6 Å². The quantitative estimate of drug-likeness (QED) is 0.0431. The Balaban J connectivity index is 3.95. The number of unbranched alkanes of at least 4 members (excludes halogenated alkanes) is 18. The van der Waals surface area contributed by atoms with Crippen LogP contribution in [-0.2, 0) is 9.53 Å². The lowest BCUT2D eigenvalue weighted by molar-refractivity contribution is -0.149. The lowest BCUT2D eigenvalue weighted by atomic mass is 10.0. The van der Waals surface area contributed by atoms with Gasteiger partial charge in [-0.3, -0.25) is 4.79 Å². The summed E-state index contributed by atoms with van der Waals surface area (Å²) in [6, 6.07) is 0. The van der Waals surface area contributed by atoms with E-state index in [1.807, 2.05) is 0 Å². The molecule has 0 unspecified atom stereocenters. The SMILES string of the molecule is CCCCC/C=C/C/C=C/CCCCCCCCC(CCCCCCCC/C=C/C/C=C/CCCCC)OC(=O)CCNCC. The maximum Gasteiger partial charge on any atom is 0.307 e. The molecule has 0 fully saturated rings. The van der Waals surface area contributed by atoms with Crippen molar-refractivity contribution >= 4 is 5.97 Å². The zero-order valence-electron chi connectivity index (χ0n) is 30.5. The van der Waals surface area contributed by atoms with Gasteiger partial charge >= 0.3 is 5.97 Å². The second-order valence-corrected chi connectivity index (χ2v) is 13.0. The van der Waals surface area contributed by atoms with Gasteiger partial charge in [0.1, 0.15) is 6.10 Å². The van der Waals surface area contributed by atoms with Gasteiger partial charge in [-0.1, -0.05) is 146 Å². The number of hydrogen-bond acceptors (Lipinski definition) is 3. The van der Waals surface area contributed by atoms with E-state index in [1.54, 1.807) is 0 Å². The van der Waals surface area contributed by atoms with Crippen LogP contribution in [-0.4, -0.2) is 25.2 Å². The predicted octanol–water partition coefficient (Wildman–Crippen LogP) is 13.3. The van der Waals surface area contributed by atoms with E-state index in [0.717, 1.165) is 38.8 Å². The Kier molecular flexibility index (Phi) is 37.2. The topological polar surface area (TPSA) is 38.3 Å². The van der Waals surface area contributed by atoms with Crippen LogP contribution in [0, 0.1) is 0 Å². The molecule has 0 aromatic rings. The van der Waals surface area contributed by atoms with E-state index in [9.17, 15) is 4.79 Å². The monoisotopic (exact) mass is 628 g/mol. The molecular weight excluding hydrogens is 550 g/mol. The first-order chi connectivity index (χ1) is 22.2. The molecule has 262 valence electrons. The standard InChI is InChI=1S/C42H77NO2/c1-4-7-9-11-13-15-17-19-21-23-25-27-29-31-33-35-37-41(45-42(44)39-40-43-6-3)38-36-34-32-30-28-26-24-22-20-18-16-14-12-10-8-5-2/h13-16,19-22,41,43H,4-12,17-18,23-40H2,1-3H3/b15-13+,16-14+,21-19+,22-20+. The van der Waals surface area contributed by atoms with Crippen LogP contribution < -0.4 is 5.32 Å². The minimum Gasteiger partial charge on any atom is -0.462 e. The average Bonchev–Trinajstić information content (AvgIpc) is 3.04. The molecule has 0 heterocycles. The van der Waals surface area contributed by atoms with Crippen molar-refractivity contribution in [3.8, 4) is 0 Å². The highest BCUT2D eigenvalue weighted by molar-refractivity contribution is 5.69. The molecule has 45 heavy (non-hydrogen) atoms. The molecule has 0 bridgehead atoms. The summed E-state index contributed by atoms with van der Waals surface area (Å²) in [5.41, 5.74) is 0. The Hall–Kier alpha value is -1.61. The zero-order valence-corrected chi connectivity index (χ0v) is 30.5. The average molecular weight is 628 g/mol. The van der Waals surface area contributed by atoms with E-state index in [-0.39, 0.29) is 12.1 Å². The van der Waals surface area contributed by atoms with Crippen molar-refractivity contribution in [2.45, 2.75) is 200 Å². The van der Waals surface area contributed by atoms with E-state index >= 15 is 0 Å². The minimum atomic E-state index is -0.0268. The van der Waals surface area contributed by atoms with Crippen molar-refractivity contribution in [1.29, 1.82) is 0 Å².